The van der Waals surface area contributed by atoms with E-state index in [1.165, 1.54) is 28.1 Å². The molecule has 2 aliphatic rings. The Bertz CT molecular complexity index is 1260. The predicted octanol–water partition coefficient (Wildman–Crippen LogP) is 6.42. The van der Waals surface area contributed by atoms with E-state index in [-0.39, 0.29) is 11.3 Å². The number of benzene rings is 3. The number of aryl methyl sites for hydroxylation is 1. The van der Waals surface area contributed by atoms with Gasteiger partial charge in [-0.15, -0.1) is 0 Å². The number of anilines is 2. The van der Waals surface area contributed by atoms with Gasteiger partial charge < -0.3 is 15.0 Å². The van der Waals surface area contributed by atoms with Crippen molar-refractivity contribution in [3.8, 4) is 5.75 Å². The van der Waals surface area contributed by atoms with Crippen LogP contribution in [0.1, 0.15) is 47.3 Å². The van der Waals surface area contributed by atoms with Gasteiger partial charge in [-0.05, 0) is 101 Å². The van der Waals surface area contributed by atoms with E-state index in [1.54, 1.807) is 0 Å². The summed E-state index contributed by atoms with van der Waals surface area (Å²) < 4.78 is 5.99. The van der Waals surface area contributed by atoms with E-state index in [4.69, 9.17) is 4.74 Å². The third-order valence-corrected chi connectivity index (χ3v) is 9.01. The van der Waals surface area contributed by atoms with Gasteiger partial charge in [-0.1, -0.05) is 32.0 Å². The zero-order valence-electron chi connectivity index (χ0n) is 21.5. The molecule has 0 saturated heterocycles. The molecule has 1 aliphatic heterocycles. The third kappa shape index (κ3) is 4.79. The Kier molecular flexibility index (Phi) is 6.08. The summed E-state index contributed by atoms with van der Waals surface area (Å²) >= 11 is 0. The first-order valence-electron chi connectivity index (χ1n) is 12.4. The number of ether oxygens (including phenoxy) is 1. The van der Waals surface area contributed by atoms with Crippen LogP contribution in [-0.4, -0.2) is 37.8 Å². The number of rotatable bonds is 5. The van der Waals surface area contributed by atoms with E-state index in [1.807, 2.05) is 18.2 Å². The summed E-state index contributed by atoms with van der Waals surface area (Å²) in [5, 5.41) is 3.06. The molecule has 0 fully saturated rings. The zero-order valence-corrected chi connectivity index (χ0v) is 22.3. The number of carbonyl (C=O) groups is 1. The standard InChI is InChI=1S/C30H36N2O2S/c1-30(2)15-14-22-8-10-24(19-26(22)30)32-16-17-34-28-18-23(9-13-27(28)32)29(33)31-20-21-6-11-25(12-7-21)35(3,4)5/h6-13,18-19H,14-17,20H2,1-5H3,(H,31,33). The molecule has 5 rings (SSSR count). The summed E-state index contributed by atoms with van der Waals surface area (Å²) in [6.07, 6.45) is 9.21. The molecule has 1 heterocycles. The number of nitrogens with zero attached hydrogens (tertiary/aromatic N) is 1. The van der Waals surface area contributed by atoms with Crippen molar-refractivity contribution in [1.29, 1.82) is 0 Å². The molecule has 1 N–H and O–H groups in total. The molecule has 3 aromatic carbocycles. The SMILES string of the molecule is CC1(C)CCc2ccc(N3CCOc4cc(C(=O)NCc5ccc(S(C)(C)C)cc5)ccc43)cc21. The first kappa shape index (κ1) is 23.8. The molecule has 5 heteroatoms. The highest BCUT2D eigenvalue weighted by atomic mass is 32.3. The highest BCUT2D eigenvalue weighted by Crippen LogP contribution is 2.45. The summed E-state index contributed by atoms with van der Waals surface area (Å²) in [6.45, 7) is 6.57. The zero-order chi connectivity index (χ0) is 24.8. The minimum absolute atomic E-state index is 0.0849. The first-order chi connectivity index (χ1) is 16.6. The van der Waals surface area contributed by atoms with Gasteiger partial charge in [-0.2, -0.15) is 0 Å². The van der Waals surface area contributed by atoms with E-state index in [0.29, 0.717) is 18.7 Å². The maximum Gasteiger partial charge on any atom is 0.251 e. The molecule has 1 aliphatic carbocycles. The average Bonchev–Trinajstić information content (AvgIpc) is 3.15. The maximum atomic E-state index is 12.9. The number of hydrogen-bond donors (Lipinski definition) is 1. The monoisotopic (exact) mass is 488 g/mol. The van der Waals surface area contributed by atoms with Gasteiger partial charge in [0.25, 0.3) is 5.91 Å². The molecule has 0 aromatic heterocycles. The molecule has 184 valence electrons. The molecule has 4 nitrogen and oxygen atoms in total. The molecule has 0 spiro atoms. The number of carbonyl (C=O) groups excluding carboxylic acids is 1. The number of hydrogen-bond acceptors (Lipinski definition) is 3. The highest BCUT2D eigenvalue weighted by Gasteiger charge is 2.31. The van der Waals surface area contributed by atoms with Crippen molar-refractivity contribution in [3.05, 3.63) is 82.9 Å². The minimum Gasteiger partial charge on any atom is -0.490 e. The first-order valence-corrected chi connectivity index (χ1v) is 15.2. The van der Waals surface area contributed by atoms with Crippen LogP contribution in [0, 0.1) is 0 Å². The van der Waals surface area contributed by atoms with Crippen LogP contribution in [0.15, 0.2) is 65.6 Å². The maximum absolute atomic E-state index is 12.9. The van der Waals surface area contributed by atoms with E-state index in [0.717, 1.165) is 30.0 Å². The van der Waals surface area contributed by atoms with Crippen molar-refractivity contribution in [2.24, 2.45) is 0 Å². The van der Waals surface area contributed by atoms with Crippen LogP contribution < -0.4 is 15.0 Å². The van der Waals surface area contributed by atoms with Crippen LogP contribution in [0.3, 0.4) is 0 Å². The fourth-order valence-electron chi connectivity index (χ4n) is 5.09. The summed E-state index contributed by atoms with van der Waals surface area (Å²) in [4.78, 5) is 16.6. The molecule has 3 aromatic rings. The quantitative estimate of drug-likeness (QED) is 0.450. The van der Waals surface area contributed by atoms with Gasteiger partial charge in [-0.3, -0.25) is 4.79 Å². The van der Waals surface area contributed by atoms with Gasteiger partial charge in [0.05, 0.1) is 12.2 Å². The van der Waals surface area contributed by atoms with Crippen LogP contribution in [0.25, 0.3) is 0 Å². The van der Waals surface area contributed by atoms with Crippen molar-refractivity contribution >= 4 is 27.3 Å². The van der Waals surface area contributed by atoms with Crippen LogP contribution in [0.2, 0.25) is 0 Å². The Labute approximate surface area is 211 Å². The summed E-state index contributed by atoms with van der Waals surface area (Å²) in [5.41, 5.74) is 7.08. The number of fused-ring (bicyclic) bond motifs is 2. The van der Waals surface area contributed by atoms with E-state index in [2.05, 4.69) is 85.3 Å². The largest absolute Gasteiger partial charge is 0.490 e. The lowest BCUT2D eigenvalue weighted by molar-refractivity contribution is 0.0950. The Morgan fingerprint density at radius 1 is 1.03 bits per heavy atom. The lowest BCUT2D eigenvalue weighted by Gasteiger charge is -2.32. The fourth-order valence-corrected chi connectivity index (χ4v) is 6.04. The van der Waals surface area contributed by atoms with Crippen molar-refractivity contribution in [2.75, 3.05) is 36.8 Å². The second kappa shape index (κ2) is 8.94. The smallest absolute Gasteiger partial charge is 0.251 e. The van der Waals surface area contributed by atoms with Crippen LogP contribution in [0.4, 0.5) is 11.4 Å². The van der Waals surface area contributed by atoms with E-state index < -0.39 is 10.0 Å². The summed E-state index contributed by atoms with van der Waals surface area (Å²) in [7, 11) is -0.742. The molecular formula is C30H36N2O2S. The van der Waals surface area contributed by atoms with Gasteiger partial charge in [-0.25, -0.2) is 10.0 Å². The Morgan fingerprint density at radius 3 is 2.54 bits per heavy atom. The molecular weight excluding hydrogens is 452 g/mol. The van der Waals surface area contributed by atoms with Crippen molar-refractivity contribution in [2.45, 2.75) is 43.5 Å². The molecule has 0 atom stereocenters. The Morgan fingerprint density at radius 2 is 1.80 bits per heavy atom. The average molecular weight is 489 g/mol. The summed E-state index contributed by atoms with van der Waals surface area (Å²) in [6, 6.07) is 21.2. The van der Waals surface area contributed by atoms with Crippen molar-refractivity contribution < 1.29 is 9.53 Å². The molecule has 0 unspecified atom stereocenters. The molecule has 0 saturated carbocycles. The highest BCUT2D eigenvalue weighted by molar-refractivity contribution is 8.32. The van der Waals surface area contributed by atoms with Gasteiger partial charge in [0.15, 0.2) is 0 Å². The van der Waals surface area contributed by atoms with Crippen molar-refractivity contribution in [1.82, 2.24) is 5.32 Å². The normalized spacial score (nSPS) is 16.8. The minimum atomic E-state index is -0.742. The molecule has 1 amide bonds. The predicted molar refractivity (Wildman–Crippen MR) is 148 cm³/mol. The second-order valence-electron chi connectivity index (χ2n) is 11.1. The van der Waals surface area contributed by atoms with Crippen LogP contribution in [-0.2, 0) is 18.4 Å². The van der Waals surface area contributed by atoms with E-state index >= 15 is 0 Å². The van der Waals surface area contributed by atoms with Gasteiger partial charge in [0.2, 0.25) is 0 Å². The van der Waals surface area contributed by atoms with Gasteiger partial charge in [0.1, 0.15) is 12.4 Å². The third-order valence-electron chi connectivity index (χ3n) is 7.32. The molecule has 0 radical (unpaired) electrons. The Hall–Kier alpha value is -2.92. The van der Waals surface area contributed by atoms with Crippen LogP contribution in [0.5, 0.6) is 5.75 Å². The number of nitrogens with one attached hydrogen (secondary N) is 1. The van der Waals surface area contributed by atoms with Gasteiger partial charge >= 0.3 is 0 Å². The number of amides is 1. The van der Waals surface area contributed by atoms with Crippen molar-refractivity contribution in [3.63, 3.8) is 0 Å². The van der Waals surface area contributed by atoms with Crippen LogP contribution >= 0.6 is 10.0 Å². The summed E-state index contributed by atoms with van der Waals surface area (Å²) in [5.74, 6) is 0.680. The topological polar surface area (TPSA) is 41.6 Å². The second-order valence-corrected chi connectivity index (χ2v) is 15.2. The Balaban J connectivity index is 1.31. The molecule has 35 heavy (non-hydrogen) atoms. The lowest BCUT2D eigenvalue weighted by atomic mass is 9.86. The van der Waals surface area contributed by atoms with Gasteiger partial charge in [0, 0.05) is 17.8 Å². The van der Waals surface area contributed by atoms with E-state index in [9.17, 15) is 4.79 Å². The fraction of sp³-hybridized carbons (Fsp3) is 0.367. The lowest BCUT2D eigenvalue weighted by Crippen LogP contribution is -2.29. The molecule has 0 bridgehead atoms.